The minimum absolute atomic E-state index is 0.0943. The fourth-order valence-corrected chi connectivity index (χ4v) is 1.66. The summed E-state index contributed by atoms with van der Waals surface area (Å²) in [6.45, 7) is 9.75. The molecule has 3 N–H and O–H groups in total. The van der Waals surface area contributed by atoms with E-state index >= 15 is 0 Å². The van der Waals surface area contributed by atoms with Crippen LogP contribution < -0.4 is 11.1 Å². The third-order valence-corrected chi connectivity index (χ3v) is 2.98. The summed E-state index contributed by atoms with van der Waals surface area (Å²) in [5.74, 6) is -0.0448. The van der Waals surface area contributed by atoms with Gasteiger partial charge in [0.15, 0.2) is 0 Å². The number of amides is 2. The smallest absolute Gasteiger partial charge is 0.244 e. The molecule has 2 amide bonds. The minimum atomic E-state index is -0.628. The Hall–Kier alpha value is -1.10. The summed E-state index contributed by atoms with van der Waals surface area (Å²) in [5.41, 5.74) is 5.59. The van der Waals surface area contributed by atoms with Crippen molar-refractivity contribution in [2.75, 3.05) is 14.1 Å². The molecule has 0 saturated carbocycles. The second-order valence-electron chi connectivity index (χ2n) is 6.77. The molecule has 0 spiro atoms. The van der Waals surface area contributed by atoms with Gasteiger partial charge < -0.3 is 16.0 Å². The molecular weight excluding hydrogens is 242 g/mol. The molecule has 0 aliphatic heterocycles. The van der Waals surface area contributed by atoms with Crippen LogP contribution in [-0.4, -0.2) is 42.9 Å². The van der Waals surface area contributed by atoms with E-state index < -0.39 is 12.1 Å². The Bertz CT molecular complexity index is 319. The van der Waals surface area contributed by atoms with Gasteiger partial charge in [-0.15, -0.1) is 0 Å². The zero-order valence-electron chi connectivity index (χ0n) is 13.3. The van der Waals surface area contributed by atoms with Crippen LogP contribution in [0.15, 0.2) is 0 Å². The Morgan fingerprint density at radius 2 is 1.68 bits per heavy atom. The van der Waals surface area contributed by atoms with Crippen LogP contribution in [0, 0.1) is 11.3 Å². The summed E-state index contributed by atoms with van der Waals surface area (Å²) in [6.07, 6.45) is 0.611. The Morgan fingerprint density at radius 1 is 1.21 bits per heavy atom. The topological polar surface area (TPSA) is 75.4 Å². The first kappa shape index (κ1) is 17.9. The van der Waals surface area contributed by atoms with Crippen LogP contribution in [0.25, 0.3) is 0 Å². The molecule has 19 heavy (non-hydrogen) atoms. The van der Waals surface area contributed by atoms with E-state index in [1.807, 2.05) is 34.6 Å². The Kier molecular flexibility index (Phi) is 6.49. The fraction of sp³-hybridized carbons (Fsp3) is 0.857. The number of rotatable bonds is 5. The summed E-state index contributed by atoms with van der Waals surface area (Å²) < 4.78 is 0. The second kappa shape index (κ2) is 6.89. The van der Waals surface area contributed by atoms with Gasteiger partial charge in [0.25, 0.3) is 0 Å². The molecule has 0 fully saturated rings. The number of carbonyl (C=O) groups excluding carboxylic acids is 2. The first-order valence-electron chi connectivity index (χ1n) is 6.74. The van der Waals surface area contributed by atoms with Gasteiger partial charge in [0.05, 0.1) is 6.04 Å². The molecule has 0 aromatic carbocycles. The van der Waals surface area contributed by atoms with E-state index in [2.05, 4.69) is 5.32 Å². The monoisotopic (exact) mass is 271 g/mol. The van der Waals surface area contributed by atoms with E-state index in [-0.39, 0.29) is 17.2 Å². The van der Waals surface area contributed by atoms with Crippen molar-refractivity contribution in [3.63, 3.8) is 0 Å². The van der Waals surface area contributed by atoms with Gasteiger partial charge in [-0.2, -0.15) is 0 Å². The van der Waals surface area contributed by atoms with Gasteiger partial charge in [0.1, 0.15) is 6.04 Å². The van der Waals surface area contributed by atoms with Gasteiger partial charge >= 0.3 is 0 Å². The molecule has 5 heteroatoms. The van der Waals surface area contributed by atoms with Crippen molar-refractivity contribution >= 4 is 11.8 Å². The van der Waals surface area contributed by atoms with Crippen LogP contribution in [0.2, 0.25) is 0 Å². The largest absolute Gasteiger partial charge is 0.347 e. The van der Waals surface area contributed by atoms with Crippen LogP contribution in [0.3, 0.4) is 0 Å². The number of nitrogens with one attached hydrogen (secondary N) is 1. The lowest BCUT2D eigenvalue weighted by Crippen LogP contribution is -2.55. The van der Waals surface area contributed by atoms with E-state index in [0.29, 0.717) is 12.3 Å². The average Bonchev–Trinajstić information content (AvgIpc) is 2.23. The number of hydrogen-bond donors (Lipinski definition) is 2. The highest BCUT2D eigenvalue weighted by Crippen LogP contribution is 2.18. The van der Waals surface area contributed by atoms with E-state index in [0.717, 1.165) is 0 Å². The third kappa shape index (κ3) is 6.05. The van der Waals surface area contributed by atoms with Gasteiger partial charge in [-0.1, -0.05) is 34.6 Å². The zero-order valence-corrected chi connectivity index (χ0v) is 13.3. The molecule has 0 bridgehead atoms. The van der Waals surface area contributed by atoms with Crippen LogP contribution >= 0.6 is 0 Å². The second-order valence-corrected chi connectivity index (χ2v) is 6.77. The SMILES string of the molecule is CC(C)CC(NC(=O)C(N)C(C)(C)C)C(=O)N(C)C. The highest BCUT2D eigenvalue weighted by molar-refractivity contribution is 5.89. The number of carbonyl (C=O) groups is 2. The van der Waals surface area contributed by atoms with Gasteiger partial charge in [-0.05, 0) is 17.8 Å². The lowest BCUT2D eigenvalue weighted by molar-refractivity contribution is -0.135. The van der Waals surface area contributed by atoms with Crippen molar-refractivity contribution in [1.82, 2.24) is 10.2 Å². The van der Waals surface area contributed by atoms with E-state index in [4.69, 9.17) is 5.73 Å². The Labute approximate surface area is 116 Å². The van der Waals surface area contributed by atoms with Crippen molar-refractivity contribution in [2.45, 2.75) is 53.1 Å². The van der Waals surface area contributed by atoms with E-state index in [9.17, 15) is 9.59 Å². The van der Waals surface area contributed by atoms with Crippen molar-refractivity contribution in [3.05, 3.63) is 0 Å². The first-order valence-corrected chi connectivity index (χ1v) is 6.74. The molecule has 0 aromatic heterocycles. The summed E-state index contributed by atoms with van der Waals surface area (Å²) in [6, 6.07) is -1.13. The van der Waals surface area contributed by atoms with Crippen LogP contribution in [0.5, 0.6) is 0 Å². The number of nitrogens with two attached hydrogens (primary N) is 1. The van der Waals surface area contributed by atoms with Gasteiger partial charge in [0, 0.05) is 14.1 Å². The standard InChI is InChI=1S/C14H29N3O2/c1-9(2)8-10(13(19)17(6)7)16-12(18)11(15)14(3,4)5/h9-11H,8,15H2,1-7H3,(H,16,18). The Balaban J connectivity index is 4.83. The molecule has 2 atom stereocenters. The fourth-order valence-electron chi connectivity index (χ4n) is 1.66. The molecule has 112 valence electrons. The molecule has 5 nitrogen and oxygen atoms in total. The zero-order chi connectivity index (χ0) is 15.4. The lowest BCUT2D eigenvalue weighted by atomic mass is 9.86. The maximum absolute atomic E-state index is 12.1. The highest BCUT2D eigenvalue weighted by Gasteiger charge is 2.31. The van der Waals surface area contributed by atoms with E-state index in [1.54, 1.807) is 14.1 Å². The van der Waals surface area contributed by atoms with Crippen molar-refractivity contribution in [2.24, 2.45) is 17.1 Å². The van der Waals surface area contributed by atoms with Crippen LogP contribution in [-0.2, 0) is 9.59 Å². The molecular formula is C14H29N3O2. The number of hydrogen-bond acceptors (Lipinski definition) is 3. The average molecular weight is 271 g/mol. The maximum atomic E-state index is 12.1. The predicted molar refractivity (Wildman–Crippen MR) is 77.5 cm³/mol. The minimum Gasteiger partial charge on any atom is -0.347 e. The maximum Gasteiger partial charge on any atom is 0.244 e. The van der Waals surface area contributed by atoms with Crippen molar-refractivity contribution in [3.8, 4) is 0 Å². The van der Waals surface area contributed by atoms with Gasteiger partial charge in [-0.25, -0.2) is 0 Å². The first-order chi connectivity index (χ1) is 8.46. The van der Waals surface area contributed by atoms with Crippen molar-refractivity contribution in [1.29, 1.82) is 0 Å². The normalized spacial score (nSPS) is 15.0. The summed E-state index contributed by atoms with van der Waals surface area (Å²) in [5, 5.41) is 2.78. The predicted octanol–water partition coefficient (Wildman–Crippen LogP) is 0.979. The molecule has 0 heterocycles. The molecule has 0 rings (SSSR count). The van der Waals surface area contributed by atoms with E-state index in [1.165, 1.54) is 4.90 Å². The summed E-state index contributed by atoms with van der Waals surface area (Å²) in [4.78, 5) is 25.7. The number of likely N-dealkylation sites (N-methyl/N-ethyl adjacent to an activating group) is 1. The summed E-state index contributed by atoms with van der Waals surface area (Å²) in [7, 11) is 3.37. The van der Waals surface area contributed by atoms with Crippen LogP contribution in [0.1, 0.15) is 41.0 Å². The molecule has 0 aliphatic carbocycles. The van der Waals surface area contributed by atoms with Gasteiger partial charge in [0.2, 0.25) is 11.8 Å². The summed E-state index contributed by atoms with van der Waals surface area (Å²) >= 11 is 0. The van der Waals surface area contributed by atoms with Crippen LogP contribution in [0.4, 0.5) is 0 Å². The lowest BCUT2D eigenvalue weighted by Gasteiger charge is -2.29. The number of nitrogens with zero attached hydrogens (tertiary/aromatic N) is 1. The molecule has 0 aliphatic rings. The Morgan fingerprint density at radius 3 is 2.00 bits per heavy atom. The molecule has 0 aromatic rings. The quantitative estimate of drug-likeness (QED) is 0.782. The van der Waals surface area contributed by atoms with Gasteiger partial charge in [-0.3, -0.25) is 9.59 Å². The molecule has 2 unspecified atom stereocenters. The molecule has 0 saturated heterocycles. The highest BCUT2D eigenvalue weighted by atomic mass is 16.2. The third-order valence-electron chi connectivity index (χ3n) is 2.98. The van der Waals surface area contributed by atoms with Crippen molar-refractivity contribution < 1.29 is 9.59 Å². The molecule has 0 radical (unpaired) electrons.